The first-order valence-corrected chi connectivity index (χ1v) is 9.97. The number of ether oxygens (including phenoxy) is 1. The zero-order valence-electron chi connectivity index (χ0n) is 16.8. The maximum Gasteiger partial charge on any atom is 0.255 e. The molecule has 29 heavy (non-hydrogen) atoms. The van der Waals surface area contributed by atoms with Gasteiger partial charge in [0.15, 0.2) is 11.6 Å². The largest absolute Gasteiger partial charge is 0.494 e. The summed E-state index contributed by atoms with van der Waals surface area (Å²) in [6.45, 7) is 3.83. The normalized spacial score (nSPS) is 16.1. The van der Waals surface area contributed by atoms with Crippen LogP contribution in [0.3, 0.4) is 0 Å². The van der Waals surface area contributed by atoms with Gasteiger partial charge in [-0.05, 0) is 56.3 Å². The third kappa shape index (κ3) is 5.23. The molecule has 1 saturated heterocycles. The Balaban J connectivity index is 1.66. The van der Waals surface area contributed by atoms with Gasteiger partial charge in [-0.15, -0.1) is 0 Å². The predicted molar refractivity (Wildman–Crippen MR) is 111 cm³/mol. The second kappa shape index (κ2) is 9.69. The average Bonchev–Trinajstić information content (AvgIpc) is 3.17. The lowest BCUT2D eigenvalue weighted by Gasteiger charge is -2.20. The molecule has 2 N–H and O–H groups in total. The van der Waals surface area contributed by atoms with Crippen molar-refractivity contribution in [1.82, 2.24) is 5.32 Å². The smallest absolute Gasteiger partial charge is 0.255 e. The molecule has 2 aromatic rings. The Kier molecular flexibility index (Phi) is 7.04. The number of carbonyl (C=O) groups is 1. The van der Waals surface area contributed by atoms with E-state index in [1.807, 2.05) is 7.05 Å². The van der Waals surface area contributed by atoms with Crippen LogP contribution in [0.15, 0.2) is 36.4 Å². The molecule has 0 aliphatic carbocycles. The molecular weight excluding hydrogens is 376 g/mol. The second-order valence-corrected chi connectivity index (χ2v) is 7.19. The molecule has 1 heterocycles. The number of nitrogens with one attached hydrogen (secondary N) is 2. The molecule has 0 radical (unpaired) electrons. The van der Waals surface area contributed by atoms with Crippen LogP contribution in [0.2, 0.25) is 0 Å². The maximum atomic E-state index is 14.6. The van der Waals surface area contributed by atoms with E-state index in [0.29, 0.717) is 31.0 Å². The molecule has 1 unspecified atom stereocenters. The Bertz CT molecular complexity index is 819. The Labute approximate surface area is 170 Å². The molecule has 0 spiro atoms. The van der Waals surface area contributed by atoms with Crippen molar-refractivity contribution in [2.24, 2.45) is 0 Å². The van der Waals surface area contributed by atoms with Gasteiger partial charge in [-0.3, -0.25) is 4.79 Å². The van der Waals surface area contributed by atoms with E-state index in [2.05, 4.69) is 17.6 Å². The topological polar surface area (TPSA) is 53.6 Å². The molecule has 1 fully saturated rings. The SMILES string of the molecule is CCCCOc1ccc(C(=O)Nc2cc(F)c(N3CCC(NC)C3)c(F)c2)cc1. The van der Waals surface area contributed by atoms with Crippen molar-refractivity contribution >= 4 is 17.3 Å². The van der Waals surface area contributed by atoms with Crippen LogP contribution >= 0.6 is 0 Å². The molecule has 7 heteroatoms. The summed E-state index contributed by atoms with van der Waals surface area (Å²) in [5, 5.41) is 5.68. The van der Waals surface area contributed by atoms with Crippen molar-refractivity contribution in [3.05, 3.63) is 53.6 Å². The first kappa shape index (κ1) is 21.0. The molecule has 156 valence electrons. The minimum Gasteiger partial charge on any atom is -0.494 e. The highest BCUT2D eigenvalue weighted by Crippen LogP contribution is 2.30. The van der Waals surface area contributed by atoms with Crippen molar-refractivity contribution in [2.45, 2.75) is 32.2 Å². The average molecular weight is 403 g/mol. The number of hydrogen-bond acceptors (Lipinski definition) is 4. The summed E-state index contributed by atoms with van der Waals surface area (Å²) in [7, 11) is 1.84. The third-order valence-corrected chi connectivity index (χ3v) is 5.07. The van der Waals surface area contributed by atoms with Gasteiger partial charge in [0.25, 0.3) is 5.91 Å². The predicted octanol–water partition coefficient (Wildman–Crippen LogP) is 4.19. The van der Waals surface area contributed by atoms with E-state index < -0.39 is 17.5 Å². The zero-order chi connectivity index (χ0) is 20.8. The fraction of sp³-hybridized carbons (Fsp3) is 0.409. The first-order chi connectivity index (χ1) is 14.0. The summed E-state index contributed by atoms with van der Waals surface area (Å²) in [5.74, 6) is -1.12. The Hall–Kier alpha value is -2.67. The van der Waals surface area contributed by atoms with E-state index in [1.54, 1.807) is 29.2 Å². The van der Waals surface area contributed by atoms with Crippen molar-refractivity contribution in [2.75, 3.05) is 37.0 Å². The Morgan fingerprint density at radius 3 is 2.48 bits per heavy atom. The number of halogens is 2. The highest BCUT2D eigenvalue weighted by Gasteiger charge is 2.26. The van der Waals surface area contributed by atoms with Crippen LogP contribution in [-0.4, -0.2) is 38.7 Å². The lowest BCUT2D eigenvalue weighted by molar-refractivity contribution is 0.102. The lowest BCUT2D eigenvalue weighted by atomic mass is 10.2. The number of benzene rings is 2. The van der Waals surface area contributed by atoms with E-state index in [4.69, 9.17) is 4.74 Å². The van der Waals surface area contributed by atoms with E-state index in [9.17, 15) is 13.6 Å². The quantitative estimate of drug-likeness (QED) is 0.649. The maximum absolute atomic E-state index is 14.6. The van der Waals surface area contributed by atoms with Crippen molar-refractivity contribution in [3.8, 4) is 5.75 Å². The van der Waals surface area contributed by atoms with E-state index >= 15 is 0 Å². The van der Waals surface area contributed by atoms with Gasteiger partial charge >= 0.3 is 0 Å². The monoisotopic (exact) mass is 403 g/mol. The molecule has 0 bridgehead atoms. The molecule has 0 saturated carbocycles. The number of carbonyl (C=O) groups excluding carboxylic acids is 1. The molecule has 1 amide bonds. The van der Waals surface area contributed by atoms with Gasteiger partial charge in [-0.2, -0.15) is 0 Å². The third-order valence-electron chi connectivity index (χ3n) is 5.07. The molecule has 5 nitrogen and oxygen atoms in total. The molecule has 0 aromatic heterocycles. The number of anilines is 2. The van der Waals surface area contributed by atoms with Crippen molar-refractivity contribution in [1.29, 1.82) is 0 Å². The van der Waals surface area contributed by atoms with Gasteiger partial charge in [0.1, 0.15) is 11.4 Å². The molecule has 1 aliphatic rings. The van der Waals surface area contributed by atoms with Crippen LogP contribution in [0, 0.1) is 11.6 Å². The standard InChI is InChI=1S/C22H27F2N3O2/c1-3-4-11-29-18-7-5-15(6-8-18)22(28)26-17-12-19(23)21(20(24)13-17)27-10-9-16(14-27)25-2/h5-8,12-13,16,25H,3-4,9-11,14H2,1-2H3,(H,26,28). The molecular formula is C22H27F2N3O2. The number of unbranched alkanes of at least 4 members (excludes halogenated alkanes) is 1. The summed E-state index contributed by atoms with van der Waals surface area (Å²) >= 11 is 0. The van der Waals surface area contributed by atoms with Gasteiger partial charge < -0.3 is 20.3 Å². The van der Waals surface area contributed by atoms with Crippen molar-refractivity contribution in [3.63, 3.8) is 0 Å². The van der Waals surface area contributed by atoms with Gasteiger partial charge in [-0.1, -0.05) is 13.3 Å². The fourth-order valence-electron chi connectivity index (χ4n) is 3.38. The van der Waals surface area contributed by atoms with Gasteiger partial charge in [0, 0.05) is 30.4 Å². The highest BCUT2D eigenvalue weighted by molar-refractivity contribution is 6.04. The van der Waals surface area contributed by atoms with Crippen LogP contribution in [0.25, 0.3) is 0 Å². The summed E-state index contributed by atoms with van der Waals surface area (Å²) in [6, 6.07) is 9.19. The van der Waals surface area contributed by atoms with Crippen LogP contribution in [0.1, 0.15) is 36.5 Å². The van der Waals surface area contributed by atoms with Crippen molar-refractivity contribution < 1.29 is 18.3 Å². The summed E-state index contributed by atoms with van der Waals surface area (Å²) < 4.78 is 34.7. The Morgan fingerprint density at radius 2 is 1.90 bits per heavy atom. The minimum absolute atomic E-state index is 0.0469. The molecule has 1 aliphatic heterocycles. The highest BCUT2D eigenvalue weighted by atomic mass is 19.1. The molecule has 2 aromatic carbocycles. The van der Waals surface area contributed by atoms with E-state index in [0.717, 1.165) is 31.4 Å². The van der Waals surface area contributed by atoms with Gasteiger partial charge in [0.2, 0.25) is 0 Å². The van der Waals surface area contributed by atoms with Crippen LogP contribution in [0.4, 0.5) is 20.2 Å². The summed E-state index contributed by atoms with van der Waals surface area (Å²) in [5.41, 5.74) is 0.421. The van der Waals surface area contributed by atoms with Crippen LogP contribution in [0.5, 0.6) is 5.75 Å². The number of nitrogens with zero attached hydrogens (tertiary/aromatic N) is 1. The number of rotatable bonds is 8. The summed E-state index contributed by atoms with van der Waals surface area (Å²) in [6.07, 6.45) is 2.83. The zero-order valence-corrected chi connectivity index (χ0v) is 16.8. The van der Waals surface area contributed by atoms with Crippen LogP contribution < -0.4 is 20.3 Å². The van der Waals surface area contributed by atoms with Gasteiger partial charge in [0.05, 0.1) is 6.61 Å². The lowest BCUT2D eigenvalue weighted by Crippen LogP contribution is -2.30. The summed E-state index contributed by atoms with van der Waals surface area (Å²) in [4.78, 5) is 14.1. The number of likely N-dealkylation sites (N-methyl/N-ethyl adjacent to an activating group) is 1. The van der Waals surface area contributed by atoms with E-state index in [-0.39, 0.29) is 17.4 Å². The molecule has 1 atom stereocenters. The minimum atomic E-state index is -0.684. The number of amides is 1. The van der Waals surface area contributed by atoms with Crippen LogP contribution in [-0.2, 0) is 0 Å². The Morgan fingerprint density at radius 1 is 1.21 bits per heavy atom. The second-order valence-electron chi connectivity index (χ2n) is 7.19. The molecule has 3 rings (SSSR count). The van der Waals surface area contributed by atoms with Gasteiger partial charge in [-0.25, -0.2) is 8.78 Å². The van der Waals surface area contributed by atoms with E-state index in [1.165, 1.54) is 0 Å². The first-order valence-electron chi connectivity index (χ1n) is 9.97. The number of hydrogen-bond donors (Lipinski definition) is 2. The fourth-order valence-corrected chi connectivity index (χ4v) is 3.38.